The van der Waals surface area contributed by atoms with E-state index in [0.29, 0.717) is 75.4 Å². The van der Waals surface area contributed by atoms with Crippen LogP contribution >= 0.6 is 0 Å². The number of benzene rings is 2. The summed E-state index contributed by atoms with van der Waals surface area (Å²) in [6.07, 6.45) is 4.66. The molecule has 9 rings (SSSR count). The van der Waals surface area contributed by atoms with Gasteiger partial charge in [0, 0.05) is 109 Å². The molecule has 0 bridgehead atoms. The Hall–Kier alpha value is -6.11. The third-order valence-corrected chi connectivity index (χ3v) is 13.1. The number of amides is 5. The van der Waals surface area contributed by atoms with Crippen molar-refractivity contribution in [1.29, 1.82) is 0 Å². The molecule has 4 N–H and O–H groups in total. The number of hydrogen-bond donors (Lipinski definition) is 3. The fraction of sp³-hybridized carbons (Fsp3) is 0.524. The first-order valence-corrected chi connectivity index (χ1v) is 21.4. The van der Waals surface area contributed by atoms with E-state index in [-0.39, 0.29) is 41.2 Å². The van der Waals surface area contributed by atoms with Gasteiger partial charge in [0.15, 0.2) is 11.5 Å². The molecule has 5 amide bonds. The summed E-state index contributed by atoms with van der Waals surface area (Å²) in [6, 6.07) is 11.3. The second-order valence-electron chi connectivity index (χ2n) is 17.0. The summed E-state index contributed by atoms with van der Waals surface area (Å²) < 4.78 is 17.6. The van der Waals surface area contributed by atoms with E-state index in [0.717, 1.165) is 80.7 Å². The highest BCUT2D eigenvalue weighted by Crippen LogP contribution is 2.34. The first-order chi connectivity index (χ1) is 29.5. The molecule has 322 valence electrons. The van der Waals surface area contributed by atoms with Crippen molar-refractivity contribution < 1.29 is 23.6 Å². The zero-order valence-electron chi connectivity index (χ0n) is 34.7. The number of carbonyl (C=O) groups excluding carboxylic acids is 4. The Morgan fingerprint density at radius 2 is 1.69 bits per heavy atom. The number of rotatable bonds is 10. The zero-order valence-corrected chi connectivity index (χ0v) is 34.7. The van der Waals surface area contributed by atoms with Crippen LogP contribution in [0.15, 0.2) is 36.4 Å². The van der Waals surface area contributed by atoms with Crippen LogP contribution in [0, 0.1) is 11.7 Å². The number of carbonyl (C=O) groups is 4. The predicted octanol–water partition coefficient (Wildman–Crippen LogP) is 2.63. The minimum absolute atomic E-state index is 0.0107. The lowest BCUT2D eigenvalue weighted by atomic mass is 9.92. The molecule has 5 saturated heterocycles. The average Bonchev–Trinajstić information content (AvgIpc) is 3.77. The Balaban J connectivity index is 0.774. The van der Waals surface area contributed by atoms with E-state index in [4.69, 9.17) is 10.8 Å². The minimum atomic E-state index is -0.803. The SMILES string of the molecule is CN1CCN(C2CCCN(c3nnc(C(N)=O)c(Nc4ccc(N5CCN(CC6CCN(c7ccc8c(C9CCC(=O)NC9=O)nn(C)c8c7)CC6)CC5)c(F)c4)n3)C2)C1=O. The van der Waals surface area contributed by atoms with Crippen LogP contribution in [0.25, 0.3) is 10.9 Å². The van der Waals surface area contributed by atoms with Crippen molar-refractivity contribution in [2.24, 2.45) is 18.7 Å². The van der Waals surface area contributed by atoms with Crippen LogP contribution in [0.4, 0.5) is 38.0 Å². The van der Waals surface area contributed by atoms with Gasteiger partial charge in [0.1, 0.15) is 5.82 Å². The van der Waals surface area contributed by atoms with E-state index >= 15 is 4.39 Å². The van der Waals surface area contributed by atoms with Gasteiger partial charge in [-0.3, -0.25) is 29.3 Å². The number of aromatic nitrogens is 5. The van der Waals surface area contributed by atoms with Crippen molar-refractivity contribution in [3.8, 4) is 0 Å². The van der Waals surface area contributed by atoms with Crippen molar-refractivity contribution in [3.63, 3.8) is 0 Å². The quantitative estimate of drug-likeness (QED) is 0.198. The van der Waals surface area contributed by atoms with Gasteiger partial charge in [-0.1, -0.05) is 0 Å². The number of anilines is 5. The van der Waals surface area contributed by atoms with E-state index in [9.17, 15) is 19.2 Å². The molecule has 0 aliphatic carbocycles. The molecule has 19 heteroatoms. The first-order valence-electron chi connectivity index (χ1n) is 21.4. The van der Waals surface area contributed by atoms with Gasteiger partial charge in [-0.25, -0.2) is 9.18 Å². The number of nitrogens with one attached hydrogen (secondary N) is 2. The number of aryl methyl sites for hydroxylation is 1. The number of likely N-dealkylation sites (N-methyl/N-ethyl adjacent to an activating group) is 1. The monoisotopic (exact) mass is 836 g/mol. The van der Waals surface area contributed by atoms with Crippen molar-refractivity contribution in [1.82, 2.24) is 45.0 Å². The number of piperazine rings is 1. The maximum Gasteiger partial charge on any atom is 0.320 e. The number of hydrogen-bond acceptors (Lipinski definition) is 13. The van der Waals surface area contributed by atoms with E-state index in [1.165, 1.54) is 6.07 Å². The molecule has 0 radical (unpaired) electrons. The molecule has 18 nitrogen and oxygen atoms in total. The highest BCUT2D eigenvalue weighted by Gasteiger charge is 2.36. The number of piperidine rings is 3. The van der Waals surface area contributed by atoms with Gasteiger partial charge < -0.3 is 35.6 Å². The lowest BCUT2D eigenvalue weighted by Gasteiger charge is -2.40. The number of urea groups is 1. The van der Waals surface area contributed by atoms with Crippen LogP contribution in [0.5, 0.6) is 0 Å². The Labute approximate surface area is 353 Å². The lowest BCUT2D eigenvalue weighted by Crippen LogP contribution is -2.49. The normalized spacial score (nSPS) is 22.1. The van der Waals surface area contributed by atoms with Gasteiger partial charge >= 0.3 is 6.03 Å². The molecule has 2 aromatic heterocycles. The molecule has 5 fully saturated rings. The molecular formula is C42H53FN14O4. The largest absolute Gasteiger partial charge is 0.371 e. The highest BCUT2D eigenvalue weighted by atomic mass is 19.1. The molecule has 2 unspecified atom stereocenters. The number of fused-ring (bicyclic) bond motifs is 1. The van der Waals surface area contributed by atoms with Gasteiger partial charge in [-0.2, -0.15) is 10.1 Å². The molecule has 2 atom stereocenters. The number of nitrogens with zero attached hydrogens (tertiary/aromatic N) is 11. The van der Waals surface area contributed by atoms with E-state index < -0.39 is 11.8 Å². The molecular weight excluding hydrogens is 784 g/mol. The third kappa shape index (κ3) is 8.22. The molecule has 0 spiro atoms. The predicted molar refractivity (Wildman–Crippen MR) is 227 cm³/mol. The van der Waals surface area contributed by atoms with Gasteiger partial charge in [-0.15, -0.1) is 10.2 Å². The van der Waals surface area contributed by atoms with Gasteiger partial charge in [0.2, 0.25) is 17.8 Å². The smallest absolute Gasteiger partial charge is 0.320 e. The van der Waals surface area contributed by atoms with Crippen LogP contribution in [-0.2, 0) is 16.6 Å². The Morgan fingerprint density at radius 1 is 0.885 bits per heavy atom. The van der Waals surface area contributed by atoms with Crippen molar-refractivity contribution in [2.45, 2.75) is 50.5 Å². The molecule has 2 aromatic carbocycles. The van der Waals surface area contributed by atoms with Crippen LogP contribution in [0.2, 0.25) is 0 Å². The summed E-state index contributed by atoms with van der Waals surface area (Å²) in [5.74, 6) is -1.14. The van der Waals surface area contributed by atoms with Crippen LogP contribution in [0.3, 0.4) is 0 Å². The average molecular weight is 837 g/mol. The van der Waals surface area contributed by atoms with Crippen LogP contribution in [-0.4, -0.2) is 148 Å². The summed E-state index contributed by atoms with van der Waals surface area (Å²) in [6.45, 7) is 8.55. The third-order valence-electron chi connectivity index (χ3n) is 13.1. The fourth-order valence-corrected chi connectivity index (χ4v) is 9.67. The van der Waals surface area contributed by atoms with Gasteiger partial charge in [0.05, 0.1) is 28.9 Å². The molecule has 5 aliphatic rings. The minimum Gasteiger partial charge on any atom is -0.371 e. The lowest BCUT2D eigenvalue weighted by molar-refractivity contribution is -0.134. The van der Waals surface area contributed by atoms with Crippen molar-refractivity contribution in [2.75, 3.05) is 99.1 Å². The number of imide groups is 1. The van der Waals surface area contributed by atoms with Crippen molar-refractivity contribution in [3.05, 3.63) is 53.6 Å². The Kier molecular flexibility index (Phi) is 11.1. The maximum absolute atomic E-state index is 15.8. The number of halogens is 1. The number of nitrogens with two attached hydrogens (primary N) is 1. The molecule has 0 saturated carbocycles. The van der Waals surface area contributed by atoms with Gasteiger partial charge in [0.25, 0.3) is 5.91 Å². The topological polar surface area (TPSA) is 194 Å². The molecule has 61 heavy (non-hydrogen) atoms. The summed E-state index contributed by atoms with van der Waals surface area (Å²) in [4.78, 5) is 66.4. The number of primary amides is 1. The summed E-state index contributed by atoms with van der Waals surface area (Å²) >= 11 is 0. The highest BCUT2D eigenvalue weighted by molar-refractivity contribution is 6.02. The zero-order chi connectivity index (χ0) is 42.4. The van der Waals surface area contributed by atoms with Gasteiger partial charge in [-0.05, 0) is 74.4 Å². The standard InChI is InChI=1S/C42H53FN14O4/c1-51-16-21-57(42(51)61)29-4-3-13-56(25-29)41-47-39(37(38(44)59)48-49-41)45-27-5-9-33(32(43)22-27)55-19-17-53(18-20-55)24-26-11-14-54(15-12-26)28-6-7-30-34(23-28)52(2)50-36(30)31-8-10-35(58)46-40(31)60/h5-7,9,22-23,26,29,31H,3-4,8,10-21,24-25H2,1-2H3,(H2,44,59)(H,45,47,49)(H,46,58,60). The second-order valence-corrected chi connectivity index (χ2v) is 17.0. The van der Waals surface area contributed by atoms with E-state index in [1.807, 2.05) is 21.5 Å². The fourth-order valence-electron chi connectivity index (χ4n) is 9.67. The van der Waals surface area contributed by atoms with Crippen LogP contribution < -0.4 is 31.1 Å². The Bertz CT molecular complexity index is 2340. The molecule has 4 aromatic rings. The summed E-state index contributed by atoms with van der Waals surface area (Å²) in [7, 11) is 3.70. The van der Waals surface area contributed by atoms with Crippen molar-refractivity contribution >= 4 is 63.5 Å². The van der Waals surface area contributed by atoms with E-state index in [2.05, 4.69) is 58.7 Å². The summed E-state index contributed by atoms with van der Waals surface area (Å²) in [5.41, 5.74) is 9.26. The van der Waals surface area contributed by atoms with Crippen LogP contribution in [0.1, 0.15) is 60.6 Å². The molecule has 7 heterocycles. The maximum atomic E-state index is 15.8. The van der Waals surface area contributed by atoms with E-state index in [1.54, 1.807) is 24.1 Å². The first kappa shape index (κ1) is 40.3. The Morgan fingerprint density at radius 3 is 2.41 bits per heavy atom. The second kappa shape index (κ2) is 16.7. The molecule has 5 aliphatic heterocycles. The summed E-state index contributed by atoms with van der Waals surface area (Å²) in [5, 5.41) is 19.5.